The largest absolute Gasteiger partial charge is 0.461 e. The van der Waals surface area contributed by atoms with Crippen molar-refractivity contribution in [3.8, 4) is 0 Å². The Morgan fingerprint density at radius 1 is 1.18 bits per heavy atom. The molecule has 0 bridgehead atoms. The zero-order chi connectivity index (χ0) is 20.2. The first-order valence-corrected chi connectivity index (χ1v) is 9.21. The van der Waals surface area contributed by atoms with Gasteiger partial charge in [0.05, 0.1) is 25.9 Å². The fourth-order valence-electron chi connectivity index (χ4n) is 2.65. The number of hydrogen-bond donors (Lipinski definition) is 3. The van der Waals surface area contributed by atoms with Gasteiger partial charge in [-0.15, -0.1) is 5.73 Å². The summed E-state index contributed by atoms with van der Waals surface area (Å²) in [5, 5.41) is 29.3. The normalized spacial score (nSPS) is 13.0. The van der Waals surface area contributed by atoms with Crippen molar-refractivity contribution in [3.63, 3.8) is 0 Å². The van der Waals surface area contributed by atoms with Crippen LogP contribution in [0.2, 0.25) is 0 Å². The maximum Gasteiger partial charge on any atom is 0.133 e. The molecular weight excluding hydrogens is 360 g/mol. The number of benzene rings is 1. The Bertz CT molecular complexity index is 745. The van der Waals surface area contributed by atoms with Gasteiger partial charge < -0.3 is 29.2 Å². The molecule has 0 aliphatic heterocycles. The van der Waals surface area contributed by atoms with Crippen LogP contribution in [0.25, 0.3) is 0 Å². The average Bonchev–Trinajstić information content (AvgIpc) is 3.18. The molecule has 6 nitrogen and oxygen atoms in total. The molecule has 152 valence electrons. The van der Waals surface area contributed by atoms with E-state index in [4.69, 9.17) is 19.0 Å². The molecule has 0 aliphatic rings. The van der Waals surface area contributed by atoms with Crippen molar-refractivity contribution in [2.45, 2.75) is 38.3 Å². The first kappa shape index (κ1) is 22.1. The number of ether oxygens (including phenoxy) is 2. The van der Waals surface area contributed by atoms with Crippen molar-refractivity contribution in [2.24, 2.45) is 0 Å². The minimum absolute atomic E-state index is 0.204. The van der Waals surface area contributed by atoms with Crippen LogP contribution in [0.5, 0.6) is 0 Å². The van der Waals surface area contributed by atoms with Gasteiger partial charge >= 0.3 is 0 Å². The van der Waals surface area contributed by atoms with E-state index in [2.05, 4.69) is 5.73 Å². The van der Waals surface area contributed by atoms with Gasteiger partial charge in [-0.3, -0.25) is 0 Å². The van der Waals surface area contributed by atoms with E-state index < -0.39 is 12.2 Å². The van der Waals surface area contributed by atoms with E-state index in [0.29, 0.717) is 37.6 Å². The monoisotopic (exact) mass is 388 g/mol. The SMILES string of the molecule is COCC(=C=CC[C@H](O)c1ccc(CO)o1)C[C@H](O)COCc1ccccc1. The highest BCUT2D eigenvalue weighted by molar-refractivity contribution is 5.13. The smallest absolute Gasteiger partial charge is 0.133 e. The number of methoxy groups -OCH3 is 1. The van der Waals surface area contributed by atoms with Crippen LogP contribution >= 0.6 is 0 Å². The Morgan fingerprint density at radius 3 is 2.64 bits per heavy atom. The van der Waals surface area contributed by atoms with Crippen LogP contribution in [-0.2, 0) is 22.7 Å². The van der Waals surface area contributed by atoms with Gasteiger partial charge in [0.15, 0.2) is 0 Å². The topological polar surface area (TPSA) is 92.3 Å². The summed E-state index contributed by atoms with van der Waals surface area (Å²) in [6.45, 7) is 0.785. The summed E-state index contributed by atoms with van der Waals surface area (Å²) in [5.74, 6) is 0.803. The summed E-state index contributed by atoms with van der Waals surface area (Å²) in [6, 6.07) is 13.0. The van der Waals surface area contributed by atoms with Crippen molar-refractivity contribution >= 4 is 0 Å². The molecule has 1 aromatic carbocycles. The molecule has 0 aliphatic carbocycles. The fraction of sp³-hybridized carbons (Fsp3) is 0.409. The molecule has 0 spiro atoms. The molecule has 1 aromatic heterocycles. The predicted octanol–water partition coefficient (Wildman–Crippen LogP) is 2.89. The third kappa shape index (κ3) is 7.82. The molecule has 2 rings (SSSR count). The third-order valence-electron chi connectivity index (χ3n) is 4.04. The maximum atomic E-state index is 10.2. The van der Waals surface area contributed by atoms with Crippen molar-refractivity contribution in [1.82, 2.24) is 0 Å². The number of hydrogen-bond acceptors (Lipinski definition) is 6. The van der Waals surface area contributed by atoms with E-state index in [-0.39, 0.29) is 13.2 Å². The van der Waals surface area contributed by atoms with E-state index >= 15 is 0 Å². The summed E-state index contributed by atoms with van der Waals surface area (Å²) < 4.78 is 16.0. The molecule has 2 atom stereocenters. The lowest BCUT2D eigenvalue weighted by Gasteiger charge is -2.12. The molecule has 0 saturated heterocycles. The summed E-state index contributed by atoms with van der Waals surface area (Å²) in [5.41, 5.74) is 4.91. The van der Waals surface area contributed by atoms with Crippen molar-refractivity contribution in [2.75, 3.05) is 20.3 Å². The van der Waals surface area contributed by atoms with Crippen LogP contribution in [0.1, 0.15) is 36.0 Å². The average molecular weight is 388 g/mol. The van der Waals surface area contributed by atoms with Gasteiger partial charge in [0, 0.05) is 20.0 Å². The van der Waals surface area contributed by atoms with Gasteiger partial charge in [0.1, 0.15) is 24.2 Å². The molecule has 6 heteroatoms. The molecule has 0 radical (unpaired) electrons. The lowest BCUT2D eigenvalue weighted by Crippen LogP contribution is -2.17. The number of rotatable bonds is 12. The summed E-state index contributed by atoms with van der Waals surface area (Å²) >= 11 is 0. The zero-order valence-electron chi connectivity index (χ0n) is 16.1. The summed E-state index contributed by atoms with van der Waals surface area (Å²) in [7, 11) is 1.58. The van der Waals surface area contributed by atoms with E-state index in [1.54, 1.807) is 25.3 Å². The summed E-state index contributed by atoms with van der Waals surface area (Å²) in [6.07, 6.45) is 0.863. The molecule has 2 aromatic rings. The Morgan fingerprint density at radius 2 is 1.96 bits per heavy atom. The second-order valence-electron chi connectivity index (χ2n) is 6.46. The molecule has 1 heterocycles. The van der Waals surface area contributed by atoms with Crippen LogP contribution < -0.4 is 0 Å². The molecule has 0 amide bonds. The van der Waals surface area contributed by atoms with Crippen molar-refractivity contribution in [1.29, 1.82) is 0 Å². The highest BCUT2D eigenvalue weighted by Gasteiger charge is 2.11. The quantitative estimate of drug-likeness (QED) is 0.484. The fourth-order valence-corrected chi connectivity index (χ4v) is 2.65. The van der Waals surface area contributed by atoms with Gasteiger partial charge in [-0.05, 0) is 29.3 Å². The minimum Gasteiger partial charge on any atom is -0.461 e. The molecule has 0 unspecified atom stereocenters. The second kappa shape index (κ2) is 12.3. The first-order valence-electron chi connectivity index (χ1n) is 9.21. The van der Waals surface area contributed by atoms with Gasteiger partial charge in [-0.25, -0.2) is 0 Å². The first-order chi connectivity index (χ1) is 13.6. The standard InChI is InChI=1S/C22H28O6/c1-26-14-18(8-5-9-21(25)22-11-10-20(13-23)28-22)12-19(24)16-27-15-17-6-3-2-4-7-17/h2-7,10-11,19,21,23-25H,9,12-16H2,1H3/t8?,19-,21-/m0/s1. The van der Waals surface area contributed by atoms with Crippen LogP contribution in [0, 0.1) is 0 Å². The molecule has 0 fully saturated rings. The van der Waals surface area contributed by atoms with Crippen LogP contribution in [0.3, 0.4) is 0 Å². The minimum atomic E-state index is -0.823. The van der Waals surface area contributed by atoms with Crippen LogP contribution in [0.15, 0.2) is 64.3 Å². The van der Waals surface area contributed by atoms with Crippen molar-refractivity contribution in [3.05, 3.63) is 76.9 Å². The van der Waals surface area contributed by atoms with Crippen molar-refractivity contribution < 1.29 is 29.2 Å². The number of furan rings is 1. The van der Waals surface area contributed by atoms with E-state index in [1.807, 2.05) is 30.3 Å². The highest BCUT2D eigenvalue weighted by atomic mass is 16.5. The lowest BCUT2D eigenvalue weighted by molar-refractivity contribution is 0.0273. The maximum absolute atomic E-state index is 10.2. The second-order valence-corrected chi connectivity index (χ2v) is 6.46. The molecule has 28 heavy (non-hydrogen) atoms. The Hall–Kier alpha value is -2.18. The summed E-state index contributed by atoms with van der Waals surface area (Å²) in [4.78, 5) is 0. The van der Waals surface area contributed by atoms with Crippen LogP contribution in [-0.4, -0.2) is 41.7 Å². The van der Waals surface area contributed by atoms with Gasteiger partial charge in [-0.1, -0.05) is 30.3 Å². The third-order valence-corrected chi connectivity index (χ3v) is 4.04. The van der Waals surface area contributed by atoms with Gasteiger partial charge in [0.25, 0.3) is 0 Å². The molecular formula is C22H28O6. The van der Waals surface area contributed by atoms with E-state index in [0.717, 1.165) is 11.1 Å². The predicted molar refractivity (Wildman–Crippen MR) is 104 cm³/mol. The van der Waals surface area contributed by atoms with Gasteiger partial charge in [-0.2, -0.15) is 0 Å². The van der Waals surface area contributed by atoms with Gasteiger partial charge in [0.2, 0.25) is 0 Å². The zero-order valence-corrected chi connectivity index (χ0v) is 16.1. The Balaban J connectivity index is 1.83. The number of aliphatic hydroxyl groups is 3. The van der Waals surface area contributed by atoms with E-state index in [1.165, 1.54) is 0 Å². The van der Waals surface area contributed by atoms with Crippen LogP contribution in [0.4, 0.5) is 0 Å². The lowest BCUT2D eigenvalue weighted by atomic mass is 10.1. The highest BCUT2D eigenvalue weighted by Crippen LogP contribution is 2.20. The van der Waals surface area contributed by atoms with E-state index in [9.17, 15) is 10.2 Å². The molecule has 3 N–H and O–H groups in total. The number of aliphatic hydroxyl groups excluding tert-OH is 3. The Labute approximate surface area is 165 Å². The molecule has 0 saturated carbocycles. The Kier molecular flexibility index (Phi) is 9.72.